The molecule has 3 N–H and O–H groups in total. The molecule has 0 saturated heterocycles. The number of Topliss-reactive ketones (excluding diaryl/α,β-unsaturated/α-hetero) is 1. The average molecular weight is 834 g/mol. The van der Waals surface area contributed by atoms with Crippen LogP contribution in [0.25, 0.3) is 0 Å². The summed E-state index contributed by atoms with van der Waals surface area (Å²) >= 11 is 6.05. The first-order valence-corrected chi connectivity index (χ1v) is 22.7. The van der Waals surface area contributed by atoms with Crippen LogP contribution in [-0.4, -0.2) is 51.8 Å². The van der Waals surface area contributed by atoms with E-state index >= 15 is 0 Å². The number of rotatable bonds is 9. The number of carboxylic acid groups (broad SMARTS) is 1. The lowest BCUT2D eigenvalue weighted by Crippen LogP contribution is -2.68. The fourth-order valence-electron chi connectivity index (χ4n) is 14.5. The van der Waals surface area contributed by atoms with E-state index in [2.05, 4.69) is 59.1 Å². The summed E-state index contributed by atoms with van der Waals surface area (Å²) in [5.41, 5.74) is -0.140. The third kappa shape index (κ3) is 6.72. The van der Waals surface area contributed by atoms with E-state index in [4.69, 9.17) is 16.3 Å². The van der Waals surface area contributed by atoms with Crippen LogP contribution in [0.15, 0.2) is 35.4 Å². The van der Waals surface area contributed by atoms with Crippen LogP contribution in [0.4, 0.5) is 0 Å². The molecular formula is C49H69ClN2O7. The molecule has 0 bridgehead atoms. The van der Waals surface area contributed by atoms with E-state index in [0.717, 1.165) is 61.7 Å². The molecule has 0 radical (unpaired) electrons. The lowest BCUT2D eigenvalue weighted by molar-refractivity contribution is -0.235. The second-order valence-corrected chi connectivity index (χ2v) is 22.9. The molecule has 1 aromatic carbocycles. The van der Waals surface area contributed by atoms with Gasteiger partial charge in [-0.25, -0.2) is 0 Å². The van der Waals surface area contributed by atoms with Gasteiger partial charge in [0, 0.05) is 16.9 Å². The van der Waals surface area contributed by atoms with Gasteiger partial charge in [-0.1, -0.05) is 86.0 Å². The van der Waals surface area contributed by atoms with E-state index in [1.165, 1.54) is 0 Å². The molecule has 6 aliphatic carbocycles. The number of hydrogen-bond donors (Lipinski definition) is 3. The average Bonchev–Trinajstić information content (AvgIpc) is 3.41. The largest absolute Gasteiger partial charge is 0.481 e. The number of halogens is 1. The predicted molar refractivity (Wildman–Crippen MR) is 228 cm³/mol. The summed E-state index contributed by atoms with van der Waals surface area (Å²) in [5.74, 6) is -1.50. The molecule has 5 fully saturated rings. The monoisotopic (exact) mass is 832 g/mol. The second-order valence-electron chi connectivity index (χ2n) is 22.5. The van der Waals surface area contributed by atoms with Crippen molar-refractivity contribution in [1.29, 1.82) is 0 Å². The number of hydrogen-bond acceptors (Lipinski definition) is 6. The number of carbonyl (C=O) groups is 5. The SMILES string of the molecule is CC(C)C1=C2[C@H]3CC[C@@H]4[C@@]5(C)CC[C@H](OC(=O)C6C[C@@H](C(=O)O)C6(C)C)C(C)(C)[C@@H]5CC[C@@]4(C)[C@]3(C)CC[C@@]2(NC(=O)C(C)(C)NC(=O)Cc2ccc(Cl)cc2)CC1=O. The molecule has 7 rings (SSSR count). The van der Waals surface area contributed by atoms with Crippen molar-refractivity contribution in [2.45, 2.75) is 164 Å². The van der Waals surface area contributed by atoms with Crippen LogP contribution in [0.3, 0.4) is 0 Å². The molecule has 324 valence electrons. The van der Waals surface area contributed by atoms with Gasteiger partial charge in [-0.05, 0) is 146 Å². The smallest absolute Gasteiger partial charge is 0.309 e. The highest BCUT2D eigenvalue weighted by Crippen LogP contribution is 2.76. The van der Waals surface area contributed by atoms with Crippen LogP contribution in [0.5, 0.6) is 0 Å². The minimum Gasteiger partial charge on any atom is -0.481 e. The van der Waals surface area contributed by atoms with E-state index in [9.17, 15) is 29.1 Å². The minimum atomic E-state index is -1.21. The molecule has 9 nitrogen and oxygen atoms in total. The summed E-state index contributed by atoms with van der Waals surface area (Å²) < 4.78 is 6.41. The first-order chi connectivity index (χ1) is 27.2. The zero-order valence-electron chi connectivity index (χ0n) is 37.4. The van der Waals surface area contributed by atoms with Gasteiger partial charge in [-0.3, -0.25) is 24.0 Å². The van der Waals surface area contributed by atoms with E-state index in [1.54, 1.807) is 26.0 Å². The number of ether oxygens (including phenoxy) is 1. The summed E-state index contributed by atoms with van der Waals surface area (Å²) in [5, 5.41) is 16.7. The van der Waals surface area contributed by atoms with Crippen molar-refractivity contribution in [1.82, 2.24) is 10.6 Å². The van der Waals surface area contributed by atoms with Gasteiger partial charge in [-0.2, -0.15) is 0 Å². The number of fused-ring (bicyclic) bond motifs is 7. The molecule has 1 aromatic rings. The number of amides is 2. The molecule has 0 heterocycles. The van der Waals surface area contributed by atoms with Crippen LogP contribution < -0.4 is 10.6 Å². The van der Waals surface area contributed by atoms with Crippen LogP contribution in [0.2, 0.25) is 5.02 Å². The summed E-state index contributed by atoms with van der Waals surface area (Å²) in [4.78, 5) is 67.2. The van der Waals surface area contributed by atoms with Gasteiger partial charge in [0.15, 0.2) is 5.78 Å². The predicted octanol–water partition coefficient (Wildman–Crippen LogP) is 9.29. The molecule has 6 aliphatic rings. The number of ketones is 1. The highest BCUT2D eigenvalue weighted by molar-refractivity contribution is 6.30. The summed E-state index contributed by atoms with van der Waals surface area (Å²) in [7, 11) is 0. The number of aliphatic carboxylic acids is 1. The Kier molecular flexibility index (Phi) is 10.7. The first-order valence-electron chi connectivity index (χ1n) is 22.3. The number of carboxylic acids is 1. The van der Waals surface area contributed by atoms with Gasteiger partial charge in [-0.15, -0.1) is 0 Å². The third-order valence-corrected chi connectivity index (χ3v) is 18.4. The van der Waals surface area contributed by atoms with Crippen molar-refractivity contribution in [2.75, 3.05) is 0 Å². The fraction of sp³-hybridized carbons (Fsp3) is 0.735. The molecule has 10 atom stereocenters. The van der Waals surface area contributed by atoms with Gasteiger partial charge in [0.25, 0.3) is 0 Å². The standard InChI is InChI=1S/C49H69ClN2O7/c1-27(2)38-33(53)26-49(52-42(58)45(7,8)51-37(54)24-28-12-14-29(50)15-13-28)23-22-47(10)30(39(38)49)16-17-35-46(9)20-19-36(44(5,6)34(46)18-21-48(35,47)11)59-41(57)32-25-31(40(55)56)43(32,3)4/h12-15,27,30-32,34-36H,16-26H2,1-11H3,(H,51,54)(H,52,58)(H,55,56)/t30-,31+,32?,34+,35-,36+,46+,47-,48-,49-/m1/s1. The molecule has 0 spiro atoms. The highest BCUT2D eigenvalue weighted by Gasteiger charge is 2.71. The van der Waals surface area contributed by atoms with E-state index in [1.807, 2.05) is 26.0 Å². The lowest BCUT2D eigenvalue weighted by Gasteiger charge is -2.72. The molecular weight excluding hydrogens is 764 g/mol. The van der Waals surface area contributed by atoms with Crippen molar-refractivity contribution in [2.24, 2.45) is 62.6 Å². The Morgan fingerprint density at radius 1 is 0.847 bits per heavy atom. The number of allylic oxidation sites excluding steroid dienone is 1. The maximum absolute atomic E-state index is 14.4. The van der Waals surface area contributed by atoms with Crippen molar-refractivity contribution in [3.05, 3.63) is 46.0 Å². The molecule has 0 aliphatic heterocycles. The van der Waals surface area contributed by atoms with Gasteiger partial charge in [0.05, 0.1) is 23.8 Å². The van der Waals surface area contributed by atoms with Crippen LogP contribution in [0, 0.1) is 62.6 Å². The Morgan fingerprint density at radius 2 is 1.51 bits per heavy atom. The molecule has 2 amide bonds. The molecule has 5 saturated carbocycles. The highest BCUT2D eigenvalue weighted by atomic mass is 35.5. The van der Waals surface area contributed by atoms with E-state index < -0.39 is 34.3 Å². The van der Waals surface area contributed by atoms with Crippen molar-refractivity contribution < 1.29 is 33.8 Å². The van der Waals surface area contributed by atoms with Gasteiger partial charge >= 0.3 is 11.9 Å². The first kappa shape index (κ1) is 43.9. The number of nitrogens with one attached hydrogen (secondary N) is 2. The van der Waals surface area contributed by atoms with Crippen molar-refractivity contribution in [3.63, 3.8) is 0 Å². The summed E-state index contributed by atoms with van der Waals surface area (Å²) in [6.45, 7) is 23.5. The number of carbonyl (C=O) groups excluding carboxylic acids is 4. The van der Waals surface area contributed by atoms with Crippen LogP contribution in [0.1, 0.15) is 146 Å². The summed E-state index contributed by atoms with van der Waals surface area (Å²) in [6, 6.07) is 7.12. The Labute approximate surface area is 357 Å². The van der Waals surface area contributed by atoms with Crippen LogP contribution >= 0.6 is 11.6 Å². The Hall–Kier alpha value is -3.20. The fourth-order valence-corrected chi connectivity index (χ4v) is 14.6. The molecule has 0 aromatic heterocycles. The Balaban J connectivity index is 1.12. The number of esters is 1. The minimum absolute atomic E-state index is 0.0174. The maximum atomic E-state index is 14.4. The topological polar surface area (TPSA) is 139 Å². The van der Waals surface area contributed by atoms with Crippen LogP contribution in [-0.2, 0) is 35.1 Å². The third-order valence-electron chi connectivity index (χ3n) is 18.1. The number of benzene rings is 1. The zero-order chi connectivity index (χ0) is 43.5. The second kappa shape index (κ2) is 14.4. The zero-order valence-corrected chi connectivity index (χ0v) is 38.2. The van der Waals surface area contributed by atoms with Gasteiger partial charge in [0.1, 0.15) is 11.6 Å². The van der Waals surface area contributed by atoms with E-state index in [0.29, 0.717) is 29.7 Å². The van der Waals surface area contributed by atoms with Crippen molar-refractivity contribution in [3.8, 4) is 0 Å². The Morgan fingerprint density at radius 3 is 2.12 bits per heavy atom. The van der Waals surface area contributed by atoms with Crippen molar-refractivity contribution >= 4 is 41.1 Å². The lowest BCUT2D eigenvalue weighted by atomic mass is 9.33. The molecule has 1 unspecified atom stereocenters. The maximum Gasteiger partial charge on any atom is 0.309 e. The quantitative estimate of drug-likeness (QED) is 0.211. The summed E-state index contributed by atoms with van der Waals surface area (Å²) in [6.07, 6.45) is 7.81. The van der Waals surface area contributed by atoms with Gasteiger partial charge in [0.2, 0.25) is 11.8 Å². The van der Waals surface area contributed by atoms with Gasteiger partial charge < -0.3 is 20.5 Å². The van der Waals surface area contributed by atoms with E-state index in [-0.39, 0.29) is 76.0 Å². The normalized spacial score (nSPS) is 38.2. The Bertz CT molecular complexity index is 1970. The molecule has 59 heavy (non-hydrogen) atoms. The molecule has 10 heteroatoms.